The molecule has 0 aliphatic rings. The summed E-state index contributed by atoms with van der Waals surface area (Å²) in [5.74, 6) is 0.494. The Morgan fingerprint density at radius 3 is 2.74 bits per heavy atom. The quantitative estimate of drug-likeness (QED) is 0.847. The molecule has 19 heavy (non-hydrogen) atoms. The fourth-order valence-electron chi connectivity index (χ4n) is 1.75. The van der Waals surface area contributed by atoms with E-state index < -0.39 is 0 Å². The largest absolute Gasteiger partial charge is 0.377 e. The molecule has 104 valence electrons. The van der Waals surface area contributed by atoms with Gasteiger partial charge < -0.3 is 10.5 Å². The Bertz CT molecular complexity index is 535. The molecule has 0 saturated heterocycles. The molecule has 0 aromatic carbocycles. The van der Waals surface area contributed by atoms with Crippen molar-refractivity contribution in [2.24, 2.45) is 11.7 Å². The van der Waals surface area contributed by atoms with Gasteiger partial charge in [-0.25, -0.2) is 0 Å². The Morgan fingerprint density at radius 1 is 1.32 bits per heavy atom. The average Bonchev–Trinajstić information content (AvgIpc) is 2.95. The number of hydrogen-bond acceptors (Lipinski definition) is 7. The van der Waals surface area contributed by atoms with Crippen LogP contribution in [0.15, 0.2) is 0 Å². The molecule has 0 aliphatic carbocycles. The molecule has 0 saturated carbocycles. The van der Waals surface area contributed by atoms with Crippen molar-refractivity contribution in [2.45, 2.75) is 33.4 Å². The molecular formula is C11H18N6OS. The molecule has 0 spiro atoms. The summed E-state index contributed by atoms with van der Waals surface area (Å²) in [6.45, 7) is 5.13. The smallest absolute Gasteiger partial charge is 0.234 e. The van der Waals surface area contributed by atoms with Crippen LogP contribution in [0, 0.1) is 5.92 Å². The first-order valence-corrected chi connectivity index (χ1v) is 6.92. The molecule has 0 radical (unpaired) electrons. The molecule has 8 heteroatoms. The van der Waals surface area contributed by atoms with Gasteiger partial charge >= 0.3 is 0 Å². The standard InChI is InChI=1S/C11H18N6OS/c1-7(2)4-9-8(5-12)13-16-17(9)11-15-14-10(19-11)6-18-3/h7H,4-6,12H2,1-3H3. The number of rotatable bonds is 6. The molecule has 0 amide bonds. The highest BCUT2D eigenvalue weighted by Gasteiger charge is 2.17. The maximum atomic E-state index is 5.70. The molecular weight excluding hydrogens is 264 g/mol. The van der Waals surface area contributed by atoms with Gasteiger partial charge in [-0.15, -0.1) is 15.3 Å². The molecule has 2 N–H and O–H groups in total. The Labute approximate surface area is 115 Å². The third-order valence-electron chi connectivity index (χ3n) is 2.54. The first-order chi connectivity index (χ1) is 9.15. The SMILES string of the molecule is COCc1nnc(-n2nnc(CN)c2CC(C)C)s1. The number of ether oxygens (including phenoxy) is 1. The predicted molar refractivity (Wildman–Crippen MR) is 72.0 cm³/mol. The first-order valence-electron chi connectivity index (χ1n) is 6.11. The summed E-state index contributed by atoms with van der Waals surface area (Å²) in [7, 11) is 1.63. The van der Waals surface area contributed by atoms with E-state index >= 15 is 0 Å². The summed E-state index contributed by atoms with van der Waals surface area (Å²) in [5.41, 5.74) is 7.53. The van der Waals surface area contributed by atoms with Crippen LogP contribution in [-0.4, -0.2) is 32.3 Å². The highest BCUT2D eigenvalue weighted by atomic mass is 32.1. The Hall–Kier alpha value is -1.38. The molecule has 0 fully saturated rings. The van der Waals surface area contributed by atoms with Gasteiger partial charge in [-0.3, -0.25) is 0 Å². The van der Waals surface area contributed by atoms with Crippen molar-refractivity contribution in [2.75, 3.05) is 7.11 Å². The average molecular weight is 282 g/mol. The van der Waals surface area contributed by atoms with E-state index in [4.69, 9.17) is 10.5 Å². The van der Waals surface area contributed by atoms with E-state index in [0.29, 0.717) is 24.2 Å². The van der Waals surface area contributed by atoms with Crippen molar-refractivity contribution in [1.82, 2.24) is 25.2 Å². The molecule has 2 aromatic rings. The molecule has 2 aromatic heterocycles. The van der Waals surface area contributed by atoms with Crippen molar-refractivity contribution >= 4 is 11.3 Å². The Balaban J connectivity index is 2.34. The van der Waals surface area contributed by atoms with Crippen LogP contribution in [0.3, 0.4) is 0 Å². The zero-order valence-electron chi connectivity index (χ0n) is 11.3. The monoisotopic (exact) mass is 282 g/mol. The minimum absolute atomic E-state index is 0.381. The fourth-order valence-corrected chi connectivity index (χ4v) is 2.53. The Kier molecular flexibility index (Phi) is 4.56. The minimum Gasteiger partial charge on any atom is -0.377 e. The van der Waals surface area contributed by atoms with Gasteiger partial charge in [0.1, 0.15) is 11.6 Å². The molecule has 7 nitrogen and oxygen atoms in total. The number of methoxy groups -OCH3 is 1. The summed E-state index contributed by atoms with van der Waals surface area (Å²) in [5, 5.41) is 18.0. The molecule has 0 atom stereocenters. The zero-order valence-corrected chi connectivity index (χ0v) is 12.1. The van der Waals surface area contributed by atoms with Crippen LogP contribution in [0.1, 0.15) is 30.2 Å². The van der Waals surface area contributed by atoms with E-state index in [2.05, 4.69) is 34.4 Å². The van der Waals surface area contributed by atoms with Crippen molar-refractivity contribution in [3.05, 3.63) is 16.4 Å². The summed E-state index contributed by atoms with van der Waals surface area (Å²) in [6.07, 6.45) is 0.860. The summed E-state index contributed by atoms with van der Waals surface area (Å²) in [4.78, 5) is 0. The second-order valence-electron chi connectivity index (χ2n) is 4.61. The second kappa shape index (κ2) is 6.18. The summed E-state index contributed by atoms with van der Waals surface area (Å²) in [6, 6.07) is 0. The predicted octanol–water partition coefficient (Wildman–Crippen LogP) is 0.922. The minimum atomic E-state index is 0.381. The van der Waals surface area contributed by atoms with Gasteiger partial charge in [-0.1, -0.05) is 30.4 Å². The van der Waals surface area contributed by atoms with Crippen LogP contribution in [0.5, 0.6) is 0 Å². The number of nitrogens with zero attached hydrogens (tertiary/aromatic N) is 5. The van der Waals surface area contributed by atoms with Gasteiger partial charge in [-0.2, -0.15) is 4.68 Å². The molecule has 2 heterocycles. The number of hydrogen-bond donors (Lipinski definition) is 1. The van der Waals surface area contributed by atoms with Gasteiger partial charge in [0.25, 0.3) is 0 Å². The lowest BCUT2D eigenvalue weighted by atomic mass is 10.1. The highest BCUT2D eigenvalue weighted by molar-refractivity contribution is 7.13. The van der Waals surface area contributed by atoms with Crippen LogP contribution < -0.4 is 5.73 Å². The normalized spacial score (nSPS) is 11.4. The molecule has 0 bridgehead atoms. The lowest BCUT2D eigenvalue weighted by molar-refractivity contribution is 0.184. The van der Waals surface area contributed by atoms with Gasteiger partial charge in [-0.05, 0) is 12.3 Å². The highest BCUT2D eigenvalue weighted by Crippen LogP contribution is 2.20. The topological polar surface area (TPSA) is 91.7 Å². The fraction of sp³-hybridized carbons (Fsp3) is 0.636. The lowest BCUT2D eigenvalue weighted by Crippen LogP contribution is -2.09. The maximum Gasteiger partial charge on any atom is 0.234 e. The van der Waals surface area contributed by atoms with Crippen LogP contribution in [-0.2, 0) is 24.3 Å². The van der Waals surface area contributed by atoms with E-state index in [1.54, 1.807) is 11.8 Å². The molecule has 0 unspecified atom stereocenters. The van der Waals surface area contributed by atoms with Crippen LogP contribution in [0.4, 0.5) is 0 Å². The van der Waals surface area contributed by atoms with Crippen LogP contribution in [0.2, 0.25) is 0 Å². The van der Waals surface area contributed by atoms with E-state index in [1.165, 1.54) is 11.3 Å². The second-order valence-corrected chi connectivity index (χ2v) is 5.65. The van der Waals surface area contributed by atoms with Gasteiger partial charge in [0, 0.05) is 13.7 Å². The van der Waals surface area contributed by atoms with E-state index in [1.807, 2.05) is 0 Å². The van der Waals surface area contributed by atoms with E-state index in [9.17, 15) is 0 Å². The Morgan fingerprint density at radius 2 is 2.11 bits per heavy atom. The first kappa shape index (κ1) is 14.0. The van der Waals surface area contributed by atoms with Crippen LogP contribution in [0.25, 0.3) is 5.13 Å². The van der Waals surface area contributed by atoms with Crippen molar-refractivity contribution in [1.29, 1.82) is 0 Å². The third kappa shape index (κ3) is 3.14. The van der Waals surface area contributed by atoms with Gasteiger partial charge in [0.2, 0.25) is 5.13 Å². The van der Waals surface area contributed by atoms with Gasteiger partial charge in [0.15, 0.2) is 0 Å². The third-order valence-corrected chi connectivity index (χ3v) is 3.42. The summed E-state index contributed by atoms with van der Waals surface area (Å²) < 4.78 is 6.78. The van der Waals surface area contributed by atoms with Crippen molar-refractivity contribution in [3.63, 3.8) is 0 Å². The van der Waals surface area contributed by atoms with Crippen molar-refractivity contribution < 1.29 is 4.74 Å². The molecule has 2 rings (SSSR count). The van der Waals surface area contributed by atoms with Crippen LogP contribution >= 0.6 is 11.3 Å². The number of nitrogens with two attached hydrogens (primary N) is 1. The molecule has 0 aliphatic heterocycles. The van der Waals surface area contributed by atoms with Gasteiger partial charge in [0.05, 0.1) is 11.4 Å². The maximum absolute atomic E-state index is 5.70. The number of aromatic nitrogens is 5. The van der Waals surface area contributed by atoms with E-state index in [-0.39, 0.29) is 0 Å². The summed E-state index contributed by atoms with van der Waals surface area (Å²) >= 11 is 1.45. The van der Waals surface area contributed by atoms with Crippen molar-refractivity contribution in [3.8, 4) is 5.13 Å². The van der Waals surface area contributed by atoms with E-state index in [0.717, 1.165) is 22.8 Å². The lowest BCUT2D eigenvalue weighted by Gasteiger charge is -2.06. The zero-order chi connectivity index (χ0) is 13.8.